The second-order valence-electron chi connectivity index (χ2n) is 6.16. The van der Waals surface area contributed by atoms with Gasteiger partial charge in [-0.15, -0.1) is 0 Å². The summed E-state index contributed by atoms with van der Waals surface area (Å²) in [6, 6.07) is 10.5. The van der Waals surface area contributed by atoms with Gasteiger partial charge >= 0.3 is 0 Å². The summed E-state index contributed by atoms with van der Waals surface area (Å²) in [6.07, 6.45) is 3.65. The molecule has 1 aromatic carbocycles. The molecular weight excluding hydrogens is 238 g/mol. The Morgan fingerprint density at radius 2 is 2.00 bits per heavy atom. The Kier molecular flexibility index (Phi) is 4.29. The van der Waals surface area contributed by atoms with Crippen LogP contribution in [0.5, 0.6) is 0 Å². The van der Waals surface area contributed by atoms with Crippen LogP contribution in [0.25, 0.3) is 0 Å². The minimum Gasteiger partial charge on any atom is -0.396 e. The van der Waals surface area contributed by atoms with Gasteiger partial charge < -0.3 is 15.5 Å². The molecule has 3 N–H and O–H groups in total. The first-order chi connectivity index (χ1) is 8.98. The summed E-state index contributed by atoms with van der Waals surface area (Å²) in [7, 11) is 0. The van der Waals surface area contributed by atoms with Gasteiger partial charge in [-0.1, -0.05) is 30.3 Å². The molecule has 1 saturated heterocycles. The summed E-state index contributed by atoms with van der Waals surface area (Å²) in [5.41, 5.74) is 0.444. The quantitative estimate of drug-likeness (QED) is 0.763. The third-order valence-corrected chi connectivity index (χ3v) is 4.25. The van der Waals surface area contributed by atoms with Gasteiger partial charge in [-0.2, -0.15) is 0 Å². The molecular formula is C16H25NO2. The Morgan fingerprint density at radius 1 is 1.32 bits per heavy atom. The van der Waals surface area contributed by atoms with E-state index in [0.29, 0.717) is 0 Å². The lowest BCUT2D eigenvalue weighted by molar-refractivity contribution is 0.0388. The van der Waals surface area contributed by atoms with Crippen LogP contribution in [0, 0.1) is 0 Å². The van der Waals surface area contributed by atoms with Gasteiger partial charge in [0.15, 0.2) is 0 Å². The minimum absolute atomic E-state index is 0.103. The Hall–Kier alpha value is -0.900. The summed E-state index contributed by atoms with van der Waals surface area (Å²) in [5.74, 6) is 0. The van der Waals surface area contributed by atoms with Crippen LogP contribution in [0.15, 0.2) is 30.3 Å². The summed E-state index contributed by atoms with van der Waals surface area (Å²) >= 11 is 0. The Bertz CT molecular complexity index is 399. The smallest absolute Gasteiger partial charge is 0.0744 e. The van der Waals surface area contributed by atoms with Crippen molar-refractivity contribution in [3.8, 4) is 0 Å². The lowest BCUT2D eigenvalue weighted by Crippen LogP contribution is -2.49. The minimum atomic E-state index is -0.713. The van der Waals surface area contributed by atoms with Crippen molar-refractivity contribution in [1.82, 2.24) is 5.32 Å². The van der Waals surface area contributed by atoms with Crippen LogP contribution in [-0.4, -0.2) is 28.5 Å². The highest BCUT2D eigenvalue weighted by Gasteiger charge is 2.43. The molecule has 1 fully saturated rings. The zero-order valence-electron chi connectivity index (χ0n) is 11.9. The summed E-state index contributed by atoms with van der Waals surface area (Å²) < 4.78 is 0. The van der Waals surface area contributed by atoms with Gasteiger partial charge in [-0.3, -0.25) is 0 Å². The fraction of sp³-hybridized carbons (Fsp3) is 0.625. The van der Waals surface area contributed by atoms with Crippen LogP contribution in [0.2, 0.25) is 0 Å². The molecule has 3 heteroatoms. The van der Waals surface area contributed by atoms with E-state index in [1.165, 1.54) is 5.56 Å². The van der Waals surface area contributed by atoms with Gasteiger partial charge in [-0.05, 0) is 45.1 Å². The molecule has 0 spiro atoms. The van der Waals surface area contributed by atoms with Gasteiger partial charge in [0.1, 0.15) is 0 Å². The molecule has 2 rings (SSSR count). The monoisotopic (exact) mass is 263 g/mol. The maximum atomic E-state index is 10.2. The van der Waals surface area contributed by atoms with Crippen LogP contribution in [0.4, 0.5) is 0 Å². The third-order valence-electron chi connectivity index (χ3n) is 4.25. The predicted octanol–water partition coefficient (Wildman–Crippen LogP) is 2.18. The van der Waals surface area contributed by atoms with E-state index < -0.39 is 5.60 Å². The van der Waals surface area contributed by atoms with E-state index in [2.05, 4.69) is 29.6 Å². The van der Waals surface area contributed by atoms with E-state index in [1.54, 1.807) is 0 Å². The SMILES string of the molecule is CC(C)(O)[C@H]1CC[C@@](CCCO)(c2ccccc2)N1. The average molecular weight is 263 g/mol. The van der Waals surface area contributed by atoms with Crippen LogP contribution in [0.1, 0.15) is 45.1 Å². The molecule has 0 amide bonds. The molecule has 19 heavy (non-hydrogen) atoms. The van der Waals surface area contributed by atoms with Crippen molar-refractivity contribution in [2.45, 2.75) is 56.7 Å². The number of aliphatic hydroxyl groups excluding tert-OH is 1. The number of nitrogens with one attached hydrogen (secondary N) is 1. The van der Waals surface area contributed by atoms with Crippen molar-refractivity contribution in [3.63, 3.8) is 0 Å². The zero-order chi connectivity index (χ0) is 13.9. The van der Waals surface area contributed by atoms with Crippen LogP contribution in [-0.2, 0) is 5.54 Å². The fourth-order valence-electron chi connectivity index (χ4n) is 3.11. The number of hydrogen-bond donors (Lipinski definition) is 3. The number of aliphatic hydroxyl groups is 2. The summed E-state index contributed by atoms with van der Waals surface area (Å²) in [5, 5.41) is 23.0. The Labute approximate surface area is 115 Å². The standard InChI is InChI=1S/C16H25NO2/c1-15(2,19)14-9-11-16(17-14,10-6-12-18)13-7-4-3-5-8-13/h3-5,7-8,14,17-19H,6,9-12H2,1-2H3/t14-,16+/m1/s1. The molecule has 3 nitrogen and oxygen atoms in total. The van der Waals surface area contributed by atoms with Gasteiger partial charge in [0.05, 0.1) is 5.60 Å². The molecule has 1 aliphatic heterocycles. The molecule has 1 aromatic rings. The van der Waals surface area contributed by atoms with E-state index in [-0.39, 0.29) is 18.2 Å². The van der Waals surface area contributed by atoms with Crippen molar-refractivity contribution < 1.29 is 10.2 Å². The lowest BCUT2D eigenvalue weighted by atomic mass is 9.84. The van der Waals surface area contributed by atoms with Crippen molar-refractivity contribution in [2.24, 2.45) is 0 Å². The van der Waals surface area contributed by atoms with Gasteiger partial charge in [0.25, 0.3) is 0 Å². The highest BCUT2D eigenvalue weighted by molar-refractivity contribution is 5.27. The van der Waals surface area contributed by atoms with E-state index in [1.807, 2.05) is 19.9 Å². The van der Waals surface area contributed by atoms with E-state index in [9.17, 15) is 5.11 Å². The molecule has 2 atom stereocenters. The normalized spacial score (nSPS) is 27.7. The second kappa shape index (κ2) is 5.61. The van der Waals surface area contributed by atoms with Crippen LogP contribution >= 0.6 is 0 Å². The molecule has 0 unspecified atom stereocenters. The predicted molar refractivity (Wildman–Crippen MR) is 76.9 cm³/mol. The number of benzene rings is 1. The summed E-state index contributed by atoms with van der Waals surface area (Å²) in [6.45, 7) is 3.93. The average Bonchev–Trinajstić information content (AvgIpc) is 2.83. The van der Waals surface area contributed by atoms with Gasteiger partial charge in [0.2, 0.25) is 0 Å². The Morgan fingerprint density at radius 3 is 2.53 bits per heavy atom. The van der Waals surface area contributed by atoms with E-state index >= 15 is 0 Å². The van der Waals surface area contributed by atoms with Gasteiger partial charge in [0, 0.05) is 18.2 Å². The fourth-order valence-corrected chi connectivity index (χ4v) is 3.11. The first kappa shape index (κ1) is 14.5. The highest BCUT2D eigenvalue weighted by Crippen LogP contribution is 2.39. The number of hydrogen-bond acceptors (Lipinski definition) is 3. The second-order valence-corrected chi connectivity index (χ2v) is 6.16. The first-order valence-corrected chi connectivity index (χ1v) is 7.14. The first-order valence-electron chi connectivity index (χ1n) is 7.14. The molecule has 106 valence electrons. The van der Waals surface area contributed by atoms with Gasteiger partial charge in [-0.25, -0.2) is 0 Å². The van der Waals surface area contributed by atoms with Crippen molar-refractivity contribution in [1.29, 1.82) is 0 Å². The lowest BCUT2D eigenvalue weighted by Gasteiger charge is -2.34. The maximum absolute atomic E-state index is 10.2. The topological polar surface area (TPSA) is 52.5 Å². The molecule has 0 aromatic heterocycles. The molecule has 1 aliphatic rings. The van der Waals surface area contributed by atoms with Crippen molar-refractivity contribution >= 4 is 0 Å². The maximum Gasteiger partial charge on any atom is 0.0744 e. The van der Waals surface area contributed by atoms with Crippen molar-refractivity contribution in [3.05, 3.63) is 35.9 Å². The van der Waals surface area contributed by atoms with E-state index in [0.717, 1.165) is 25.7 Å². The molecule has 0 radical (unpaired) electrons. The highest BCUT2D eigenvalue weighted by atomic mass is 16.3. The molecule has 0 bridgehead atoms. The number of rotatable bonds is 5. The Balaban J connectivity index is 2.23. The van der Waals surface area contributed by atoms with Crippen LogP contribution in [0.3, 0.4) is 0 Å². The van der Waals surface area contributed by atoms with Crippen molar-refractivity contribution in [2.75, 3.05) is 6.61 Å². The molecule has 1 heterocycles. The zero-order valence-corrected chi connectivity index (χ0v) is 11.9. The summed E-state index contributed by atoms with van der Waals surface area (Å²) in [4.78, 5) is 0. The molecule has 0 saturated carbocycles. The third kappa shape index (κ3) is 3.16. The van der Waals surface area contributed by atoms with E-state index in [4.69, 9.17) is 5.11 Å². The molecule has 0 aliphatic carbocycles. The largest absolute Gasteiger partial charge is 0.396 e. The van der Waals surface area contributed by atoms with Crippen LogP contribution < -0.4 is 5.32 Å².